The Morgan fingerprint density at radius 3 is 2.59 bits per heavy atom. The summed E-state index contributed by atoms with van der Waals surface area (Å²) < 4.78 is 5.78. The second-order valence-corrected chi connectivity index (χ2v) is 6.33. The molecule has 1 aromatic rings. The Morgan fingerprint density at radius 1 is 1.14 bits per heavy atom. The van der Waals surface area contributed by atoms with Crippen molar-refractivity contribution < 1.29 is 9.53 Å². The highest BCUT2D eigenvalue weighted by Gasteiger charge is 2.32. The van der Waals surface area contributed by atoms with Crippen molar-refractivity contribution in [2.24, 2.45) is 0 Å². The van der Waals surface area contributed by atoms with Crippen LogP contribution in [0.2, 0.25) is 0 Å². The van der Waals surface area contributed by atoms with Crippen molar-refractivity contribution in [1.29, 1.82) is 0 Å². The van der Waals surface area contributed by atoms with Crippen LogP contribution >= 0.6 is 0 Å². The molecule has 4 heteroatoms. The smallest absolute Gasteiger partial charge is 0.253 e. The van der Waals surface area contributed by atoms with E-state index in [1.807, 2.05) is 11.0 Å². The molecular formula is C18H26N2O2. The third-order valence-electron chi connectivity index (χ3n) is 4.87. The average Bonchev–Trinajstić information content (AvgIpc) is 2.62. The van der Waals surface area contributed by atoms with Crippen molar-refractivity contribution in [3.05, 3.63) is 35.9 Å². The van der Waals surface area contributed by atoms with Crippen LogP contribution in [0.3, 0.4) is 0 Å². The molecule has 0 N–H and O–H groups in total. The zero-order valence-corrected chi connectivity index (χ0v) is 13.4. The molecule has 0 aromatic heterocycles. The molecule has 2 aliphatic rings. The highest BCUT2D eigenvalue weighted by molar-refractivity contribution is 5.81. The van der Waals surface area contributed by atoms with E-state index in [0.29, 0.717) is 19.2 Å². The number of benzene rings is 1. The third-order valence-corrected chi connectivity index (χ3v) is 4.87. The SMILES string of the molecule is CC(c1ccccc1)N1CCOC(C(=O)N2CCCCC2)C1. The van der Waals surface area contributed by atoms with Gasteiger partial charge in [-0.2, -0.15) is 0 Å². The second-order valence-electron chi connectivity index (χ2n) is 6.33. The van der Waals surface area contributed by atoms with E-state index in [2.05, 4.69) is 36.1 Å². The second kappa shape index (κ2) is 7.25. The van der Waals surface area contributed by atoms with Gasteiger partial charge < -0.3 is 9.64 Å². The topological polar surface area (TPSA) is 32.8 Å². The number of amides is 1. The van der Waals surface area contributed by atoms with Crippen LogP contribution in [0.25, 0.3) is 0 Å². The van der Waals surface area contributed by atoms with E-state index in [4.69, 9.17) is 4.74 Å². The van der Waals surface area contributed by atoms with Crippen molar-refractivity contribution in [1.82, 2.24) is 9.80 Å². The summed E-state index contributed by atoms with van der Waals surface area (Å²) >= 11 is 0. The summed E-state index contributed by atoms with van der Waals surface area (Å²) in [5, 5.41) is 0. The van der Waals surface area contributed by atoms with Crippen LogP contribution in [0, 0.1) is 0 Å². The minimum atomic E-state index is -0.294. The number of rotatable bonds is 3. The molecule has 2 heterocycles. The first-order chi connectivity index (χ1) is 10.8. The van der Waals surface area contributed by atoms with Crippen molar-refractivity contribution in [3.63, 3.8) is 0 Å². The minimum Gasteiger partial charge on any atom is -0.366 e. The highest BCUT2D eigenvalue weighted by Crippen LogP contribution is 2.23. The standard InChI is InChI=1S/C18H26N2O2/c1-15(16-8-4-2-5-9-16)20-12-13-22-17(14-20)18(21)19-10-6-3-7-11-19/h2,4-5,8-9,15,17H,3,6-7,10-14H2,1H3. The van der Waals surface area contributed by atoms with E-state index in [0.717, 1.165) is 32.5 Å². The van der Waals surface area contributed by atoms with Crippen molar-refractivity contribution >= 4 is 5.91 Å². The van der Waals surface area contributed by atoms with Crippen LogP contribution in [0.5, 0.6) is 0 Å². The number of ether oxygens (including phenoxy) is 1. The van der Waals surface area contributed by atoms with Gasteiger partial charge in [0, 0.05) is 32.2 Å². The molecule has 0 saturated carbocycles. The Bertz CT molecular complexity index is 485. The Hall–Kier alpha value is -1.39. The summed E-state index contributed by atoms with van der Waals surface area (Å²) in [6.45, 7) is 6.23. The van der Waals surface area contributed by atoms with Gasteiger partial charge in [-0.3, -0.25) is 9.69 Å². The van der Waals surface area contributed by atoms with Crippen LogP contribution in [0.1, 0.15) is 37.8 Å². The summed E-state index contributed by atoms with van der Waals surface area (Å²) in [5.74, 6) is 0.185. The third kappa shape index (κ3) is 3.50. The minimum absolute atomic E-state index is 0.185. The van der Waals surface area contributed by atoms with E-state index in [1.165, 1.54) is 12.0 Å². The molecule has 0 radical (unpaired) electrons. The molecule has 3 rings (SSSR count). The lowest BCUT2D eigenvalue weighted by Gasteiger charge is -2.38. The average molecular weight is 302 g/mol. The summed E-state index contributed by atoms with van der Waals surface area (Å²) in [4.78, 5) is 17.0. The molecule has 4 nitrogen and oxygen atoms in total. The number of morpholine rings is 1. The molecular weight excluding hydrogens is 276 g/mol. The van der Waals surface area contributed by atoms with Crippen LogP contribution in [0.4, 0.5) is 0 Å². The number of likely N-dealkylation sites (tertiary alicyclic amines) is 1. The van der Waals surface area contributed by atoms with Gasteiger partial charge in [-0.05, 0) is 31.7 Å². The first-order valence-electron chi connectivity index (χ1n) is 8.45. The van der Waals surface area contributed by atoms with Gasteiger partial charge in [0.2, 0.25) is 0 Å². The Kier molecular flexibility index (Phi) is 5.11. The fourth-order valence-corrected chi connectivity index (χ4v) is 3.43. The van der Waals surface area contributed by atoms with Crippen molar-refractivity contribution in [2.75, 3.05) is 32.8 Å². The van der Waals surface area contributed by atoms with Gasteiger partial charge in [0.1, 0.15) is 6.10 Å². The lowest BCUT2D eigenvalue weighted by Crippen LogP contribution is -2.52. The number of carbonyl (C=O) groups is 1. The predicted octanol–water partition coefficient (Wildman–Crippen LogP) is 2.46. The number of carbonyl (C=O) groups excluding carboxylic acids is 1. The summed E-state index contributed by atoms with van der Waals surface area (Å²) in [6.07, 6.45) is 3.20. The molecule has 2 unspecified atom stereocenters. The van der Waals surface area contributed by atoms with Crippen LogP contribution < -0.4 is 0 Å². The number of hydrogen-bond acceptors (Lipinski definition) is 3. The van der Waals surface area contributed by atoms with Crippen molar-refractivity contribution in [2.45, 2.75) is 38.3 Å². The predicted molar refractivity (Wildman–Crippen MR) is 86.6 cm³/mol. The lowest BCUT2D eigenvalue weighted by molar-refractivity contribution is -0.151. The molecule has 120 valence electrons. The normalized spacial score (nSPS) is 25.0. The molecule has 1 amide bonds. The van der Waals surface area contributed by atoms with Crippen LogP contribution in [0.15, 0.2) is 30.3 Å². The highest BCUT2D eigenvalue weighted by atomic mass is 16.5. The Balaban J connectivity index is 1.62. The maximum atomic E-state index is 12.6. The molecule has 2 aliphatic heterocycles. The zero-order chi connectivity index (χ0) is 15.4. The van der Waals surface area contributed by atoms with Gasteiger partial charge in [0.25, 0.3) is 5.91 Å². The lowest BCUT2D eigenvalue weighted by atomic mass is 10.1. The molecule has 0 aliphatic carbocycles. The van der Waals surface area contributed by atoms with Gasteiger partial charge in [-0.15, -0.1) is 0 Å². The van der Waals surface area contributed by atoms with E-state index in [1.54, 1.807) is 0 Å². The Morgan fingerprint density at radius 2 is 1.86 bits per heavy atom. The van der Waals surface area contributed by atoms with Gasteiger partial charge in [-0.25, -0.2) is 0 Å². The Labute approximate surface area is 133 Å². The first kappa shape index (κ1) is 15.5. The molecule has 0 spiro atoms. The van der Waals surface area contributed by atoms with Gasteiger partial charge in [-0.1, -0.05) is 30.3 Å². The van der Waals surface area contributed by atoms with E-state index < -0.39 is 0 Å². The number of piperidine rings is 1. The zero-order valence-electron chi connectivity index (χ0n) is 13.4. The molecule has 2 fully saturated rings. The molecule has 2 atom stereocenters. The number of nitrogens with zero attached hydrogens (tertiary/aromatic N) is 2. The quantitative estimate of drug-likeness (QED) is 0.860. The van der Waals surface area contributed by atoms with Gasteiger partial charge in [0.15, 0.2) is 0 Å². The summed E-state index contributed by atoms with van der Waals surface area (Å²) in [7, 11) is 0. The van der Waals surface area contributed by atoms with E-state index in [9.17, 15) is 4.79 Å². The van der Waals surface area contributed by atoms with Gasteiger partial charge in [0.05, 0.1) is 6.61 Å². The van der Waals surface area contributed by atoms with E-state index in [-0.39, 0.29) is 12.0 Å². The number of hydrogen-bond donors (Lipinski definition) is 0. The van der Waals surface area contributed by atoms with E-state index >= 15 is 0 Å². The molecule has 22 heavy (non-hydrogen) atoms. The van der Waals surface area contributed by atoms with Gasteiger partial charge >= 0.3 is 0 Å². The van der Waals surface area contributed by atoms with Crippen LogP contribution in [-0.4, -0.2) is 54.6 Å². The van der Waals surface area contributed by atoms with Crippen molar-refractivity contribution in [3.8, 4) is 0 Å². The largest absolute Gasteiger partial charge is 0.366 e. The molecule has 1 aromatic carbocycles. The summed E-state index contributed by atoms with van der Waals surface area (Å²) in [6, 6.07) is 10.8. The maximum Gasteiger partial charge on any atom is 0.253 e. The first-order valence-corrected chi connectivity index (χ1v) is 8.45. The van der Waals surface area contributed by atoms with Crippen LogP contribution in [-0.2, 0) is 9.53 Å². The molecule has 0 bridgehead atoms. The monoisotopic (exact) mass is 302 g/mol. The fourth-order valence-electron chi connectivity index (χ4n) is 3.43. The summed E-state index contributed by atoms with van der Waals surface area (Å²) in [5.41, 5.74) is 1.30. The maximum absolute atomic E-state index is 12.6. The molecule has 2 saturated heterocycles. The fraction of sp³-hybridized carbons (Fsp3) is 0.611.